The maximum Gasteiger partial charge on any atom is 0.224 e. The number of anilines is 2. The molecule has 0 saturated carbocycles. The van der Waals surface area contributed by atoms with Crippen LogP contribution in [0, 0.1) is 6.92 Å². The zero-order valence-corrected chi connectivity index (χ0v) is 8.78. The minimum absolute atomic E-state index is 0.120. The fourth-order valence-electron chi connectivity index (χ4n) is 1.20. The van der Waals surface area contributed by atoms with Crippen molar-refractivity contribution >= 4 is 11.8 Å². The standard InChI is InChI=1S/C9H16N4O/c1-7-6-11-9(10-2)12-8(7)13(3)4-5-14/h6,14H,4-5H2,1-3H3,(H,10,11,12). The Morgan fingerprint density at radius 3 is 2.86 bits per heavy atom. The van der Waals surface area contributed by atoms with Crippen molar-refractivity contribution in [1.29, 1.82) is 0 Å². The third kappa shape index (κ3) is 2.32. The van der Waals surface area contributed by atoms with E-state index in [1.165, 1.54) is 0 Å². The smallest absolute Gasteiger partial charge is 0.224 e. The molecule has 14 heavy (non-hydrogen) atoms. The number of aromatic nitrogens is 2. The summed E-state index contributed by atoms with van der Waals surface area (Å²) in [6.07, 6.45) is 1.77. The molecule has 0 unspecified atom stereocenters. The second-order valence-corrected chi connectivity index (χ2v) is 3.10. The van der Waals surface area contributed by atoms with Gasteiger partial charge < -0.3 is 15.3 Å². The van der Waals surface area contributed by atoms with Crippen LogP contribution in [0.15, 0.2) is 6.20 Å². The first kappa shape index (κ1) is 10.7. The molecule has 5 heteroatoms. The molecule has 1 aromatic heterocycles. The van der Waals surface area contributed by atoms with Gasteiger partial charge in [0.05, 0.1) is 6.61 Å². The van der Waals surface area contributed by atoms with E-state index in [4.69, 9.17) is 5.11 Å². The van der Waals surface area contributed by atoms with Crippen molar-refractivity contribution in [2.45, 2.75) is 6.92 Å². The molecule has 0 aliphatic heterocycles. The highest BCUT2D eigenvalue weighted by Crippen LogP contribution is 2.15. The third-order valence-electron chi connectivity index (χ3n) is 1.97. The van der Waals surface area contributed by atoms with Gasteiger partial charge >= 0.3 is 0 Å². The molecule has 5 nitrogen and oxygen atoms in total. The lowest BCUT2D eigenvalue weighted by Gasteiger charge is -2.18. The molecule has 1 heterocycles. The largest absolute Gasteiger partial charge is 0.395 e. The van der Waals surface area contributed by atoms with Crippen molar-refractivity contribution in [1.82, 2.24) is 9.97 Å². The highest BCUT2D eigenvalue weighted by Gasteiger charge is 2.07. The van der Waals surface area contributed by atoms with Crippen molar-refractivity contribution in [3.05, 3.63) is 11.8 Å². The first-order valence-electron chi connectivity index (χ1n) is 4.52. The molecule has 0 amide bonds. The van der Waals surface area contributed by atoms with E-state index in [1.54, 1.807) is 13.2 Å². The summed E-state index contributed by atoms with van der Waals surface area (Å²) in [6.45, 7) is 2.64. The SMILES string of the molecule is CNc1ncc(C)c(N(C)CCO)n1. The van der Waals surface area contributed by atoms with Crippen LogP contribution in [0.2, 0.25) is 0 Å². The maximum atomic E-state index is 8.81. The summed E-state index contributed by atoms with van der Waals surface area (Å²) in [7, 11) is 3.67. The molecule has 0 aliphatic carbocycles. The molecule has 0 fully saturated rings. The molecule has 1 rings (SSSR count). The molecule has 0 atom stereocenters. The van der Waals surface area contributed by atoms with E-state index in [0.717, 1.165) is 11.4 Å². The first-order chi connectivity index (χ1) is 6.69. The first-order valence-corrected chi connectivity index (χ1v) is 4.52. The van der Waals surface area contributed by atoms with Crippen LogP contribution in [0.3, 0.4) is 0 Å². The maximum absolute atomic E-state index is 8.81. The van der Waals surface area contributed by atoms with Crippen molar-refractivity contribution in [3.8, 4) is 0 Å². The summed E-state index contributed by atoms with van der Waals surface area (Å²) in [4.78, 5) is 10.3. The zero-order chi connectivity index (χ0) is 10.6. The van der Waals surface area contributed by atoms with Crippen LogP contribution in [0.25, 0.3) is 0 Å². The zero-order valence-electron chi connectivity index (χ0n) is 8.78. The molecular formula is C9H16N4O. The van der Waals surface area contributed by atoms with Crippen LogP contribution in [0.5, 0.6) is 0 Å². The van der Waals surface area contributed by atoms with Gasteiger partial charge in [0.25, 0.3) is 0 Å². The van der Waals surface area contributed by atoms with Gasteiger partial charge in [0, 0.05) is 32.4 Å². The van der Waals surface area contributed by atoms with Gasteiger partial charge in [0.15, 0.2) is 0 Å². The number of aliphatic hydroxyl groups excluding tert-OH is 1. The number of nitrogens with one attached hydrogen (secondary N) is 1. The third-order valence-corrected chi connectivity index (χ3v) is 1.97. The van der Waals surface area contributed by atoms with Crippen LogP contribution in [-0.2, 0) is 0 Å². The highest BCUT2D eigenvalue weighted by molar-refractivity contribution is 5.48. The molecule has 0 bridgehead atoms. The lowest BCUT2D eigenvalue weighted by atomic mass is 10.3. The fourth-order valence-corrected chi connectivity index (χ4v) is 1.20. The summed E-state index contributed by atoms with van der Waals surface area (Å²) in [5.41, 5.74) is 1.000. The molecule has 78 valence electrons. The van der Waals surface area contributed by atoms with Gasteiger partial charge in [0.1, 0.15) is 5.82 Å². The lowest BCUT2D eigenvalue weighted by molar-refractivity contribution is 0.304. The van der Waals surface area contributed by atoms with Crippen LogP contribution in [-0.4, -0.2) is 42.3 Å². The van der Waals surface area contributed by atoms with E-state index in [2.05, 4.69) is 15.3 Å². The number of aryl methyl sites for hydroxylation is 1. The predicted octanol–water partition coefficient (Wildman–Crippen LogP) is 0.255. The van der Waals surface area contributed by atoms with Crippen LogP contribution < -0.4 is 10.2 Å². The quantitative estimate of drug-likeness (QED) is 0.723. The van der Waals surface area contributed by atoms with Gasteiger partial charge in [-0.2, -0.15) is 4.98 Å². The van der Waals surface area contributed by atoms with Crippen LogP contribution >= 0.6 is 0 Å². The molecule has 2 N–H and O–H groups in total. The van der Waals surface area contributed by atoms with Crippen molar-refractivity contribution in [3.63, 3.8) is 0 Å². The number of nitrogens with zero attached hydrogens (tertiary/aromatic N) is 3. The molecule has 0 aliphatic rings. The number of hydrogen-bond donors (Lipinski definition) is 2. The van der Waals surface area contributed by atoms with Gasteiger partial charge in [0.2, 0.25) is 5.95 Å². The summed E-state index contributed by atoms with van der Waals surface area (Å²) in [5.74, 6) is 1.44. The second kappa shape index (κ2) is 4.76. The minimum atomic E-state index is 0.120. The molecule has 0 saturated heterocycles. The van der Waals surface area contributed by atoms with Crippen molar-refractivity contribution in [2.24, 2.45) is 0 Å². The highest BCUT2D eigenvalue weighted by atomic mass is 16.3. The molecule has 0 radical (unpaired) electrons. The van der Waals surface area contributed by atoms with Crippen molar-refractivity contribution in [2.75, 3.05) is 37.5 Å². The predicted molar refractivity (Wildman–Crippen MR) is 56.7 cm³/mol. The Morgan fingerprint density at radius 1 is 1.57 bits per heavy atom. The van der Waals surface area contributed by atoms with Gasteiger partial charge in [-0.05, 0) is 6.92 Å². The Labute approximate surface area is 83.8 Å². The average Bonchev–Trinajstić information content (AvgIpc) is 2.19. The molecule has 1 aromatic rings. The summed E-state index contributed by atoms with van der Waals surface area (Å²) < 4.78 is 0. The fraction of sp³-hybridized carbons (Fsp3) is 0.556. The topological polar surface area (TPSA) is 61.3 Å². The van der Waals surface area contributed by atoms with E-state index in [-0.39, 0.29) is 6.61 Å². The van der Waals surface area contributed by atoms with Crippen LogP contribution in [0.4, 0.5) is 11.8 Å². The minimum Gasteiger partial charge on any atom is -0.395 e. The Balaban J connectivity index is 2.93. The number of rotatable bonds is 4. The van der Waals surface area contributed by atoms with E-state index in [0.29, 0.717) is 12.5 Å². The number of aliphatic hydroxyl groups is 1. The van der Waals surface area contributed by atoms with Crippen molar-refractivity contribution < 1.29 is 5.11 Å². The Hall–Kier alpha value is -1.36. The Morgan fingerprint density at radius 2 is 2.29 bits per heavy atom. The van der Waals surface area contributed by atoms with E-state index < -0.39 is 0 Å². The monoisotopic (exact) mass is 196 g/mol. The summed E-state index contributed by atoms with van der Waals surface area (Å²) >= 11 is 0. The normalized spacial score (nSPS) is 10.0. The summed E-state index contributed by atoms with van der Waals surface area (Å²) in [5, 5.41) is 11.7. The van der Waals surface area contributed by atoms with Gasteiger partial charge in [-0.25, -0.2) is 4.98 Å². The number of hydrogen-bond acceptors (Lipinski definition) is 5. The number of likely N-dealkylation sites (N-methyl/N-ethyl adjacent to an activating group) is 1. The molecule has 0 spiro atoms. The Kier molecular flexibility index (Phi) is 3.64. The molecular weight excluding hydrogens is 180 g/mol. The summed E-state index contributed by atoms with van der Waals surface area (Å²) in [6, 6.07) is 0. The van der Waals surface area contributed by atoms with Gasteiger partial charge in [-0.3, -0.25) is 0 Å². The van der Waals surface area contributed by atoms with E-state index >= 15 is 0 Å². The van der Waals surface area contributed by atoms with E-state index in [1.807, 2.05) is 18.9 Å². The van der Waals surface area contributed by atoms with Gasteiger partial charge in [-0.15, -0.1) is 0 Å². The second-order valence-electron chi connectivity index (χ2n) is 3.10. The van der Waals surface area contributed by atoms with E-state index in [9.17, 15) is 0 Å². The van der Waals surface area contributed by atoms with Crippen LogP contribution in [0.1, 0.15) is 5.56 Å². The Bertz CT molecular complexity index is 303. The average molecular weight is 196 g/mol. The van der Waals surface area contributed by atoms with Gasteiger partial charge in [-0.1, -0.05) is 0 Å². The molecule has 0 aromatic carbocycles. The lowest BCUT2D eigenvalue weighted by Crippen LogP contribution is -2.23.